The molecule has 0 saturated heterocycles. The van der Waals surface area contributed by atoms with Crippen molar-refractivity contribution in [2.24, 2.45) is 0 Å². The molecule has 5 nitrogen and oxygen atoms in total. The van der Waals surface area contributed by atoms with Crippen LogP contribution in [0.5, 0.6) is 5.75 Å². The summed E-state index contributed by atoms with van der Waals surface area (Å²) in [6.07, 6.45) is 0. The molecule has 0 saturated carbocycles. The lowest BCUT2D eigenvalue weighted by Gasteiger charge is -2.00. The molecule has 0 aliphatic heterocycles. The third-order valence-corrected chi connectivity index (χ3v) is 3.22. The summed E-state index contributed by atoms with van der Waals surface area (Å²) in [5.41, 5.74) is 1.76. The van der Waals surface area contributed by atoms with Gasteiger partial charge in [-0.3, -0.25) is 4.79 Å². The quantitative estimate of drug-likeness (QED) is 0.655. The number of nitrogens with one attached hydrogen (secondary N) is 1. The molecule has 2 aromatic rings. The fourth-order valence-electron chi connectivity index (χ4n) is 1.62. The number of thioether (sulfide) groups is 1. The van der Waals surface area contributed by atoms with Crippen LogP contribution in [0.4, 0.5) is 0 Å². The molecule has 0 bridgehead atoms. The molecule has 0 unspecified atom stereocenters. The molecule has 1 aromatic carbocycles. The summed E-state index contributed by atoms with van der Waals surface area (Å²) in [5, 5.41) is 0.705. The number of benzene rings is 1. The lowest BCUT2D eigenvalue weighted by Crippen LogP contribution is -2.06. The van der Waals surface area contributed by atoms with Gasteiger partial charge < -0.3 is 14.5 Å². The van der Waals surface area contributed by atoms with Crippen LogP contribution in [0.3, 0.4) is 0 Å². The second-order valence-corrected chi connectivity index (χ2v) is 4.71. The molecule has 0 aliphatic carbocycles. The zero-order valence-corrected chi connectivity index (χ0v) is 13.0. The van der Waals surface area contributed by atoms with Gasteiger partial charge in [0.15, 0.2) is 5.16 Å². The van der Waals surface area contributed by atoms with Crippen molar-refractivity contribution in [2.75, 3.05) is 19.0 Å². The fourth-order valence-corrected chi connectivity index (χ4v) is 2.30. The summed E-state index contributed by atoms with van der Waals surface area (Å²) in [6, 6.07) is 5.68. The molecule has 7 heteroatoms. The van der Waals surface area contributed by atoms with Gasteiger partial charge in [0, 0.05) is 6.07 Å². The number of hydrogen-bond donors (Lipinski definition) is 1. The Bertz CT molecular complexity index is 574. The summed E-state index contributed by atoms with van der Waals surface area (Å²) >= 11 is 1.33. The van der Waals surface area contributed by atoms with Crippen molar-refractivity contribution in [3.05, 3.63) is 18.2 Å². The van der Waals surface area contributed by atoms with Crippen LogP contribution in [0.1, 0.15) is 13.8 Å². The first kappa shape index (κ1) is 16.7. The van der Waals surface area contributed by atoms with E-state index < -0.39 is 0 Å². The van der Waals surface area contributed by atoms with Crippen LogP contribution >= 0.6 is 24.2 Å². The van der Waals surface area contributed by atoms with E-state index in [1.165, 1.54) is 11.8 Å². The second kappa shape index (κ2) is 8.01. The fraction of sp³-hybridized carbons (Fsp3) is 0.385. The van der Waals surface area contributed by atoms with Crippen LogP contribution in [0.15, 0.2) is 23.4 Å². The molecular formula is C13H17ClN2O3S. The topological polar surface area (TPSA) is 64.2 Å². The highest BCUT2D eigenvalue weighted by Gasteiger charge is 2.08. The minimum absolute atomic E-state index is 0. The zero-order chi connectivity index (χ0) is 13.7. The molecular weight excluding hydrogens is 300 g/mol. The number of aromatic nitrogens is 2. The summed E-state index contributed by atoms with van der Waals surface area (Å²) in [6.45, 7) is 4.76. The summed E-state index contributed by atoms with van der Waals surface area (Å²) in [5.74, 6) is 0.829. The molecule has 0 fully saturated rings. The second-order valence-electron chi connectivity index (χ2n) is 3.75. The first-order valence-corrected chi connectivity index (χ1v) is 7.12. The van der Waals surface area contributed by atoms with Crippen molar-refractivity contribution in [1.82, 2.24) is 9.97 Å². The third-order valence-electron chi connectivity index (χ3n) is 2.37. The molecule has 0 spiro atoms. The third kappa shape index (κ3) is 4.31. The van der Waals surface area contributed by atoms with Gasteiger partial charge in [-0.1, -0.05) is 11.8 Å². The van der Waals surface area contributed by atoms with Gasteiger partial charge in [0.2, 0.25) is 0 Å². The van der Waals surface area contributed by atoms with Crippen LogP contribution in [-0.4, -0.2) is 34.9 Å². The van der Waals surface area contributed by atoms with E-state index in [2.05, 4.69) is 9.97 Å². The molecule has 0 atom stereocenters. The van der Waals surface area contributed by atoms with Crippen LogP contribution in [0, 0.1) is 0 Å². The van der Waals surface area contributed by atoms with E-state index >= 15 is 0 Å². The van der Waals surface area contributed by atoms with Gasteiger partial charge in [-0.05, 0) is 26.0 Å². The minimum Gasteiger partial charge on any atom is -0.494 e. The van der Waals surface area contributed by atoms with Crippen LogP contribution in [0.2, 0.25) is 0 Å². The zero-order valence-electron chi connectivity index (χ0n) is 11.3. The molecule has 20 heavy (non-hydrogen) atoms. The Morgan fingerprint density at radius 2 is 2.15 bits per heavy atom. The number of esters is 1. The normalized spacial score (nSPS) is 10.1. The Morgan fingerprint density at radius 3 is 2.85 bits per heavy atom. The summed E-state index contributed by atoms with van der Waals surface area (Å²) in [4.78, 5) is 18.8. The van der Waals surface area contributed by atoms with Gasteiger partial charge in [0.05, 0.1) is 30.0 Å². The Morgan fingerprint density at radius 1 is 1.35 bits per heavy atom. The number of carbonyl (C=O) groups is 1. The van der Waals surface area contributed by atoms with Crippen molar-refractivity contribution >= 4 is 41.2 Å². The van der Waals surface area contributed by atoms with Gasteiger partial charge in [-0.25, -0.2) is 4.98 Å². The monoisotopic (exact) mass is 316 g/mol. The van der Waals surface area contributed by atoms with E-state index in [4.69, 9.17) is 9.47 Å². The Balaban J connectivity index is 0.00000200. The highest BCUT2D eigenvalue weighted by molar-refractivity contribution is 7.99. The number of halogens is 1. The maximum Gasteiger partial charge on any atom is 0.316 e. The van der Waals surface area contributed by atoms with Gasteiger partial charge in [0.1, 0.15) is 5.75 Å². The number of rotatable bonds is 6. The largest absolute Gasteiger partial charge is 0.494 e. The molecule has 1 heterocycles. The molecule has 0 radical (unpaired) electrons. The predicted molar refractivity (Wildman–Crippen MR) is 81.9 cm³/mol. The van der Waals surface area contributed by atoms with Crippen LogP contribution < -0.4 is 4.74 Å². The maximum absolute atomic E-state index is 11.3. The lowest BCUT2D eigenvalue weighted by molar-refractivity contribution is -0.139. The molecule has 1 aromatic heterocycles. The van der Waals surface area contributed by atoms with E-state index in [9.17, 15) is 4.79 Å². The van der Waals surface area contributed by atoms with Crippen molar-refractivity contribution in [2.45, 2.75) is 19.0 Å². The summed E-state index contributed by atoms with van der Waals surface area (Å²) in [7, 11) is 0. The highest BCUT2D eigenvalue weighted by Crippen LogP contribution is 2.23. The van der Waals surface area contributed by atoms with Crippen molar-refractivity contribution < 1.29 is 14.3 Å². The number of ether oxygens (including phenoxy) is 2. The maximum atomic E-state index is 11.3. The van der Waals surface area contributed by atoms with E-state index in [0.29, 0.717) is 18.4 Å². The molecule has 0 aliphatic rings. The Kier molecular flexibility index (Phi) is 6.67. The number of carbonyl (C=O) groups excluding carboxylic acids is 1. The number of fused-ring (bicyclic) bond motifs is 1. The Labute approximate surface area is 127 Å². The van der Waals surface area contributed by atoms with E-state index in [-0.39, 0.29) is 24.1 Å². The number of hydrogen-bond acceptors (Lipinski definition) is 5. The molecule has 110 valence electrons. The summed E-state index contributed by atoms with van der Waals surface area (Å²) < 4.78 is 10.3. The van der Waals surface area contributed by atoms with E-state index in [0.717, 1.165) is 16.8 Å². The number of aromatic amines is 1. The van der Waals surface area contributed by atoms with Crippen LogP contribution in [-0.2, 0) is 9.53 Å². The van der Waals surface area contributed by atoms with Crippen molar-refractivity contribution in [3.8, 4) is 5.75 Å². The number of H-pyrrole nitrogens is 1. The van der Waals surface area contributed by atoms with Gasteiger partial charge in [0.25, 0.3) is 0 Å². The van der Waals surface area contributed by atoms with Gasteiger partial charge in [-0.15, -0.1) is 12.4 Å². The number of imidazole rings is 1. The van der Waals surface area contributed by atoms with Crippen molar-refractivity contribution in [1.29, 1.82) is 0 Å². The van der Waals surface area contributed by atoms with Gasteiger partial charge in [-0.2, -0.15) is 0 Å². The van der Waals surface area contributed by atoms with E-state index in [1.807, 2.05) is 25.1 Å². The SMILES string of the molecule is CCOC(=O)CSc1nc2ccc(OCC)cc2[nH]1.Cl. The Hall–Kier alpha value is -1.40. The minimum atomic E-state index is -0.233. The first-order valence-electron chi connectivity index (χ1n) is 6.14. The standard InChI is InChI=1S/C13H16N2O3S.ClH/c1-3-17-9-5-6-10-11(7-9)15-13(14-10)19-8-12(16)18-4-2;/h5-7H,3-4,8H2,1-2H3,(H,14,15);1H. The average molecular weight is 317 g/mol. The molecule has 0 amide bonds. The number of nitrogens with zero attached hydrogens (tertiary/aromatic N) is 1. The van der Waals surface area contributed by atoms with Gasteiger partial charge >= 0.3 is 5.97 Å². The smallest absolute Gasteiger partial charge is 0.316 e. The first-order chi connectivity index (χ1) is 9.22. The van der Waals surface area contributed by atoms with E-state index in [1.54, 1.807) is 6.92 Å². The predicted octanol–water partition coefficient (Wildman–Crippen LogP) is 3.04. The molecule has 2 rings (SSSR count). The molecule has 1 N–H and O–H groups in total. The highest BCUT2D eigenvalue weighted by atomic mass is 35.5. The average Bonchev–Trinajstić information content (AvgIpc) is 2.79. The van der Waals surface area contributed by atoms with Crippen molar-refractivity contribution in [3.63, 3.8) is 0 Å². The lowest BCUT2D eigenvalue weighted by atomic mass is 10.3. The van der Waals surface area contributed by atoms with Crippen LogP contribution in [0.25, 0.3) is 11.0 Å².